The number of hydrogen-bond acceptors (Lipinski definition) is 4. The van der Waals surface area contributed by atoms with Gasteiger partial charge in [0.05, 0.1) is 13.8 Å². The average molecular weight is 457 g/mol. The predicted molar refractivity (Wildman–Crippen MR) is 95.5 cm³/mol. The molecule has 0 unspecified atom stereocenters. The summed E-state index contributed by atoms with van der Waals surface area (Å²) in [7, 11) is -3.90. The highest BCUT2D eigenvalue weighted by molar-refractivity contribution is 9.11. The van der Waals surface area contributed by atoms with E-state index in [4.69, 9.17) is 0 Å². The number of hydrogen-bond donors (Lipinski definition) is 1. The minimum absolute atomic E-state index is 0.00190. The molecule has 118 valence electrons. The van der Waals surface area contributed by atoms with Crippen molar-refractivity contribution in [2.75, 3.05) is 0 Å². The third-order valence-electron chi connectivity index (χ3n) is 3.07. The molecule has 0 saturated heterocycles. The van der Waals surface area contributed by atoms with Gasteiger partial charge < -0.3 is 5.11 Å². The highest BCUT2D eigenvalue weighted by atomic mass is 79.9. The number of nitrogens with zero attached hydrogens (tertiary/aromatic N) is 1. The molecule has 2 rings (SSSR count). The molecule has 4 nitrogen and oxygen atoms in total. The summed E-state index contributed by atoms with van der Waals surface area (Å²) in [6.07, 6.45) is 1.27. The summed E-state index contributed by atoms with van der Waals surface area (Å²) in [5.74, 6) is 0.00190. The standard InChI is InChI=1S/C16H11Br2NO3S/c1-10-2-4-12(5-3-10)23(21,22)13(9-19)6-11-7-14(17)16(20)15(18)8-11/h2-8,20H,1H3/b13-6+. The zero-order valence-corrected chi connectivity index (χ0v) is 15.9. The van der Waals surface area contributed by atoms with E-state index in [1.54, 1.807) is 18.2 Å². The summed E-state index contributed by atoms with van der Waals surface area (Å²) in [5.41, 5.74) is 1.40. The number of phenols is 1. The van der Waals surface area contributed by atoms with Crippen LogP contribution in [-0.2, 0) is 9.84 Å². The number of phenolic OH excluding ortho intramolecular Hbond substituents is 1. The van der Waals surface area contributed by atoms with Crippen LogP contribution in [0, 0.1) is 18.3 Å². The van der Waals surface area contributed by atoms with E-state index in [1.165, 1.54) is 30.3 Å². The lowest BCUT2D eigenvalue weighted by molar-refractivity contribution is 0.468. The average Bonchev–Trinajstić information content (AvgIpc) is 2.50. The molecule has 0 radical (unpaired) electrons. The van der Waals surface area contributed by atoms with Crippen LogP contribution >= 0.6 is 31.9 Å². The fraction of sp³-hybridized carbons (Fsp3) is 0.0625. The van der Waals surface area contributed by atoms with Crippen LogP contribution in [0.3, 0.4) is 0 Å². The highest BCUT2D eigenvalue weighted by Gasteiger charge is 2.21. The van der Waals surface area contributed by atoms with E-state index < -0.39 is 9.84 Å². The van der Waals surface area contributed by atoms with Gasteiger partial charge in [0.15, 0.2) is 0 Å². The molecule has 2 aromatic rings. The Hall–Kier alpha value is -1.62. The molecule has 0 aromatic heterocycles. The zero-order valence-electron chi connectivity index (χ0n) is 11.9. The van der Waals surface area contributed by atoms with Crippen LogP contribution in [0.2, 0.25) is 0 Å². The summed E-state index contributed by atoms with van der Waals surface area (Å²) >= 11 is 6.34. The highest BCUT2D eigenvalue weighted by Crippen LogP contribution is 2.34. The third-order valence-corrected chi connectivity index (χ3v) is 5.96. The van der Waals surface area contributed by atoms with Crippen LogP contribution in [0.4, 0.5) is 0 Å². The number of nitriles is 1. The van der Waals surface area contributed by atoms with Crippen molar-refractivity contribution in [3.05, 3.63) is 61.4 Å². The van der Waals surface area contributed by atoms with Crippen LogP contribution in [0.15, 0.2) is 55.1 Å². The second-order valence-electron chi connectivity index (χ2n) is 4.77. The molecule has 0 bridgehead atoms. The Morgan fingerprint density at radius 2 is 1.70 bits per heavy atom. The quantitative estimate of drug-likeness (QED) is 0.686. The van der Waals surface area contributed by atoms with Gasteiger partial charge in [-0.05, 0) is 74.7 Å². The molecule has 0 aliphatic carbocycles. The number of aryl methyl sites for hydroxylation is 1. The predicted octanol–water partition coefficient (Wildman–Crippen LogP) is 4.56. The maximum atomic E-state index is 12.6. The first-order chi connectivity index (χ1) is 10.8. The van der Waals surface area contributed by atoms with Crippen molar-refractivity contribution in [1.82, 2.24) is 0 Å². The number of benzene rings is 2. The van der Waals surface area contributed by atoms with E-state index in [0.29, 0.717) is 14.5 Å². The van der Waals surface area contributed by atoms with Crippen LogP contribution in [0.1, 0.15) is 11.1 Å². The van der Waals surface area contributed by atoms with Gasteiger partial charge >= 0.3 is 0 Å². The van der Waals surface area contributed by atoms with Gasteiger partial charge in [-0.2, -0.15) is 5.26 Å². The van der Waals surface area contributed by atoms with Crippen molar-refractivity contribution < 1.29 is 13.5 Å². The molecule has 0 amide bonds. The fourth-order valence-electron chi connectivity index (χ4n) is 1.83. The Kier molecular flexibility index (Phi) is 5.30. The Bertz CT molecular complexity index is 904. The molecule has 0 fully saturated rings. The lowest BCUT2D eigenvalue weighted by Gasteiger charge is -2.05. The molecule has 2 aromatic carbocycles. The molecule has 0 spiro atoms. The minimum atomic E-state index is -3.90. The molecule has 23 heavy (non-hydrogen) atoms. The molecule has 0 atom stereocenters. The van der Waals surface area contributed by atoms with Crippen LogP contribution in [-0.4, -0.2) is 13.5 Å². The lowest BCUT2D eigenvalue weighted by Crippen LogP contribution is -2.03. The summed E-state index contributed by atoms with van der Waals surface area (Å²) in [4.78, 5) is -0.307. The monoisotopic (exact) mass is 455 g/mol. The first-order valence-corrected chi connectivity index (χ1v) is 9.44. The molecular formula is C16H11Br2NO3S. The number of sulfone groups is 1. The van der Waals surface area contributed by atoms with E-state index in [-0.39, 0.29) is 15.6 Å². The van der Waals surface area contributed by atoms with Crippen molar-refractivity contribution in [3.63, 3.8) is 0 Å². The van der Waals surface area contributed by atoms with E-state index in [1.807, 2.05) is 6.92 Å². The summed E-state index contributed by atoms with van der Waals surface area (Å²) in [6, 6.07) is 11.1. The first kappa shape index (κ1) is 17.7. The maximum absolute atomic E-state index is 12.6. The smallest absolute Gasteiger partial charge is 0.216 e. The normalized spacial score (nSPS) is 12.0. The van der Waals surface area contributed by atoms with Gasteiger partial charge in [-0.15, -0.1) is 0 Å². The first-order valence-electron chi connectivity index (χ1n) is 6.37. The second kappa shape index (κ2) is 6.87. The van der Waals surface area contributed by atoms with E-state index in [2.05, 4.69) is 31.9 Å². The lowest BCUT2D eigenvalue weighted by atomic mass is 10.2. The van der Waals surface area contributed by atoms with Crippen molar-refractivity contribution in [3.8, 4) is 11.8 Å². The van der Waals surface area contributed by atoms with Crippen molar-refractivity contribution >= 4 is 47.8 Å². The Labute approximate surface area is 151 Å². The van der Waals surface area contributed by atoms with Gasteiger partial charge in [-0.3, -0.25) is 0 Å². The van der Waals surface area contributed by atoms with Gasteiger partial charge in [0, 0.05) is 0 Å². The van der Waals surface area contributed by atoms with Gasteiger partial charge in [0.2, 0.25) is 9.84 Å². The fourth-order valence-corrected chi connectivity index (χ4v) is 4.22. The van der Waals surface area contributed by atoms with Crippen LogP contribution in [0.5, 0.6) is 5.75 Å². The van der Waals surface area contributed by atoms with Crippen molar-refractivity contribution in [2.24, 2.45) is 0 Å². The Morgan fingerprint density at radius 3 is 2.17 bits per heavy atom. The SMILES string of the molecule is Cc1ccc(S(=O)(=O)/C(C#N)=C/c2cc(Br)c(O)c(Br)c2)cc1. The van der Waals surface area contributed by atoms with Crippen LogP contribution < -0.4 is 0 Å². The van der Waals surface area contributed by atoms with E-state index >= 15 is 0 Å². The molecule has 0 heterocycles. The largest absolute Gasteiger partial charge is 0.506 e. The minimum Gasteiger partial charge on any atom is -0.506 e. The number of aromatic hydroxyl groups is 1. The summed E-state index contributed by atoms with van der Waals surface area (Å²) in [5, 5.41) is 19.0. The number of halogens is 2. The second-order valence-corrected chi connectivity index (χ2v) is 8.40. The van der Waals surface area contributed by atoms with Crippen molar-refractivity contribution in [2.45, 2.75) is 11.8 Å². The van der Waals surface area contributed by atoms with Gasteiger partial charge in [-0.1, -0.05) is 17.7 Å². The summed E-state index contributed by atoms with van der Waals surface area (Å²) < 4.78 is 25.9. The van der Waals surface area contributed by atoms with Gasteiger partial charge in [-0.25, -0.2) is 8.42 Å². The third kappa shape index (κ3) is 3.83. The van der Waals surface area contributed by atoms with Crippen LogP contribution in [0.25, 0.3) is 6.08 Å². The molecule has 0 aliphatic rings. The zero-order chi connectivity index (χ0) is 17.2. The molecule has 0 saturated carbocycles. The molecular weight excluding hydrogens is 446 g/mol. The topological polar surface area (TPSA) is 78.2 Å². The van der Waals surface area contributed by atoms with Gasteiger partial charge in [0.1, 0.15) is 16.7 Å². The molecule has 0 aliphatic heterocycles. The number of allylic oxidation sites excluding steroid dienone is 1. The van der Waals surface area contributed by atoms with E-state index in [0.717, 1.165) is 5.56 Å². The summed E-state index contributed by atoms with van der Waals surface area (Å²) in [6.45, 7) is 1.85. The Morgan fingerprint density at radius 1 is 1.17 bits per heavy atom. The molecule has 7 heteroatoms. The Balaban J connectivity index is 2.55. The number of rotatable bonds is 3. The van der Waals surface area contributed by atoms with Crippen molar-refractivity contribution in [1.29, 1.82) is 5.26 Å². The van der Waals surface area contributed by atoms with Gasteiger partial charge in [0.25, 0.3) is 0 Å². The van der Waals surface area contributed by atoms with E-state index in [9.17, 15) is 18.8 Å². The molecule has 1 N–H and O–H groups in total. The maximum Gasteiger partial charge on any atom is 0.216 e.